The van der Waals surface area contributed by atoms with Crippen LogP contribution in [-0.2, 0) is 0 Å². The number of ether oxygens (including phenoxy) is 1. The van der Waals surface area contributed by atoms with Crippen molar-refractivity contribution in [3.63, 3.8) is 0 Å². The highest BCUT2D eigenvalue weighted by Gasteiger charge is 2.14. The number of methoxy groups -OCH3 is 1. The summed E-state index contributed by atoms with van der Waals surface area (Å²) in [4.78, 5) is 4.22. The van der Waals surface area contributed by atoms with Crippen molar-refractivity contribution in [2.75, 3.05) is 13.7 Å². The molecule has 0 saturated heterocycles. The lowest BCUT2D eigenvalue weighted by molar-refractivity contribution is 0.382. The van der Waals surface area contributed by atoms with Crippen molar-refractivity contribution < 1.29 is 4.74 Å². The summed E-state index contributed by atoms with van der Waals surface area (Å²) in [6.07, 6.45) is 3.61. The summed E-state index contributed by atoms with van der Waals surface area (Å²) >= 11 is 0. The molecule has 1 atom stereocenters. The van der Waals surface area contributed by atoms with Crippen molar-refractivity contribution in [2.45, 2.75) is 32.7 Å². The molecule has 0 spiro atoms. The molecular weight excluding hydrogens is 212 g/mol. The van der Waals surface area contributed by atoms with Gasteiger partial charge in [-0.2, -0.15) is 0 Å². The lowest BCUT2D eigenvalue weighted by atomic mass is 10.1. The highest BCUT2D eigenvalue weighted by Crippen LogP contribution is 2.24. The number of rotatable bonds is 6. The molecule has 0 bridgehead atoms. The van der Waals surface area contributed by atoms with Crippen molar-refractivity contribution in [1.29, 1.82) is 0 Å². The molecule has 1 N–H and O–H groups in total. The molecule has 1 aromatic heterocycles. The van der Waals surface area contributed by atoms with Crippen LogP contribution in [0.25, 0.3) is 0 Å². The summed E-state index contributed by atoms with van der Waals surface area (Å²) in [5.41, 5.74) is 1.08. The number of aromatic nitrogens is 1. The van der Waals surface area contributed by atoms with Crippen LogP contribution in [0.2, 0.25) is 0 Å². The van der Waals surface area contributed by atoms with E-state index in [9.17, 15) is 0 Å². The van der Waals surface area contributed by atoms with Gasteiger partial charge in [-0.15, -0.1) is 11.8 Å². The van der Waals surface area contributed by atoms with E-state index in [2.05, 4.69) is 29.1 Å². The van der Waals surface area contributed by atoms with Gasteiger partial charge in [0, 0.05) is 24.2 Å². The molecule has 0 amide bonds. The summed E-state index contributed by atoms with van der Waals surface area (Å²) in [5.74, 6) is 6.72. The number of nitrogens with zero attached hydrogens (tertiary/aromatic N) is 1. The zero-order valence-corrected chi connectivity index (χ0v) is 10.8. The van der Waals surface area contributed by atoms with Crippen LogP contribution in [0.4, 0.5) is 0 Å². The number of nitrogens with one attached hydrogen (secondary N) is 1. The Morgan fingerprint density at radius 3 is 3.00 bits per heavy atom. The first-order chi connectivity index (χ1) is 8.33. The lowest BCUT2D eigenvalue weighted by Crippen LogP contribution is -2.22. The molecule has 17 heavy (non-hydrogen) atoms. The predicted molar refractivity (Wildman–Crippen MR) is 69.9 cm³/mol. The van der Waals surface area contributed by atoms with Gasteiger partial charge in [0.25, 0.3) is 0 Å². The van der Waals surface area contributed by atoms with Crippen molar-refractivity contribution >= 4 is 0 Å². The first-order valence-electron chi connectivity index (χ1n) is 5.95. The second-order valence-electron chi connectivity index (χ2n) is 3.74. The molecule has 1 aromatic rings. The SMILES string of the molecule is CC#CCC(NCCC)c1cccnc1OC. The van der Waals surface area contributed by atoms with E-state index in [1.165, 1.54) is 0 Å². The Kier molecular flexibility index (Phi) is 6.13. The van der Waals surface area contributed by atoms with Gasteiger partial charge >= 0.3 is 0 Å². The van der Waals surface area contributed by atoms with E-state index in [1.807, 2.05) is 19.1 Å². The first kappa shape index (κ1) is 13.5. The maximum Gasteiger partial charge on any atom is 0.217 e. The standard InChI is InChI=1S/C14H20N2O/c1-4-6-9-13(15-10-5-2)12-8-7-11-16-14(12)17-3/h7-8,11,13,15H,5,9-10H2,1-3H3. The Balaban J connectivity index is 2.88. The van der Waals surface area contributed by atoms with Gasteiger partial charge in [0.1, 0.15) is 0 Å². The Bertz CT molecular complexity index is 393. The van der Waals surface area contributed by atoms with Crippen LogP contribution < -0.4 is 10.1 Å². The number of hydrogen-bond acceptors (Lipinski definition) is 3. The molecule has 0 aliphatic rings. The van der Waals surface area contributed by atoms with Gasteiger partial charge in [-0.1, -0.05) is 13.0 Å². The largest absolute Gasteiger partial charge is 0.481 e. The van der Waals surface area contributed by atoms with Crippen LogP contribution in [0.15, 0.2) is 18.3 Å². The molecule has 0 aliphatic carbocycles. The van der Waals surface area contributed by atoms with E-state index in [0.29, 0.717) is 5.88 Å². The molecule has 0 radical (unpaired) electrons. The maximum absolute atomic E-state index is 5.29. The van der Waals surface area contributed by atoms with E-state index in [4.69, 9.17) is 4.74 Å². The summed E-state index contributed by atoms with van der Waals surface area (Å²) in [7, 11) is 1.65. The minimum atomic E-state index is 0.186. The van der Waals surface area contributed by atoms with Crippen LogP contribution in [-0.4, -0.2) is 18.6 Å². The Labute approximate surface area is 104 Å². The fraction of sp³-hybridized carbons (Fsp3) is 0.500. The van der Waals surface area contributed by atoms with Crippen molar-refractivity contribution in [3.05, 3.63) is 23.9 Å². The van der Waals surface area contributed by atoms with Gasteiger partial charge in [-0.3, -0.25) is 0 Å². The normalized spacial score (nSPS) is 11.5. The molecule has 92 valence electrons. The molecule has 1 heterocycles. The second-order valence-corrected chi connectivity index (χ2v) is 3.74. The highest BCUT2D eigenvalue weighted by atomic mass is 16.5. The summed E-state index contributed by atoms with van der Waals surface area (Å²) in [6, 6.07) is 4.15. The third kappa shape index (κ3) is 4.08. The number of hydrogen-bond donors (Lipinski definition) is 1. The zero-order valence-electron chi connectivity index (χ0n) is 10.8. The fourth-order valence-electron chi connectivity index (χ4n) is 1.65. The summed E-state index contributed by atoms with van der Waals surface area (Å²) in [6.45, 7) is 4.97. The van der Waals surface area contributed by atoms with Crippen LogP contribution in [0.3, 0.4) is 0 Å². The van der Waals surface area contributed by atoms with Crippen LogP contribution in [0.1, 0.15) is 38.3 Å². The van der Waals surface area contributed by atoms with Gasteiger partial charge < -0.3 is 10.1 Å². The Morgan fingerprint density at radius 1 is 1.53 bits per heavy atom. The minimum absolute atomic E-state index is 0.186. The van der Waals surface area contributed by atoms with E-state index < -0.39 is 0 Å². The van der Waals surface area contributed by atoms with Crippen molar-refractivity contribution in [2.24, 2.45) is 0 Å². The smallest absolute Gasteiger partial charge is 0.217 e. The molecule has 0 fully saturated rings. The molecular formula is C14H20N2O. The third-order valence-electron chi connectivity index (χ3n) is 2.49. The van der Waals surface area contributed by atoms with E-state index in [1.54, 1.807) is 13.3 Å². The van der Waals surface area contributed by atoms with Gasteiger partial charge in [0.2, 0.25) is 5.88 Å². The Hall–Kier alpha value is -1.53. The second kappa shape index (κ2) is 7.70. The average Bonchev–Trinajstić information content (AvgIpc) is 2.39. The van der Waals surface area contributed by atoms with Gasteiger partial charge in [0.05, 0.1) is 7.11 Å². The monoisotopic (exact) mass is 232 g/mol. The zero-order chi connectivity index (χ0) is 12.5. The molecule has 1 rings (SSSR count). The fourth-order valence-corrected chi connectivity index (χ4v) is 1.65. The average molecular weight is 232 g/mol. The summed E-state index contributed by atoms with van der Waals surface area (Å²) < 4.78 is 5.29. The molecule has 3 heteroatoms. The van der Waals surface area contributed by atoms with Gasteiger partial charge in [-0.05, 0) is 26.0 Å². The Morgan fingerprint density at radius 2 is 2.35 bits per heavy atom. The van der Waals surface area contributed by atoms with E-state index in [-0.39, 0.29) is 6.04 Å². The molecule has 0 saturated carbocycles. The molecule has 0 aromatic carbocycles. The van der Waals surface area contributed by atoms with Crippen LogP contribution >= 0.6 is 0 Å². The van der Waals surface area contributed by atoms with Crippen LogP contribution in [0.5, 0.6) is 5.88 Å². The van der Waals surface area contributed by atoms with Crippen LogP contribution in [0, 0.1) is 11.8 Å². The summed E-state index contributed by atoms with van der Waals surface area (Å²) in [5, 5.41) is 3.47. The van der Waals surface area contributed by atoms with E-state index in [0.717, 1.165) is 24.9 Å². The number of pyridine rings is 1. The third-order valence-corrected chi connectivity index (χ3v) is 2.49. The maximum atomic E-state index is 5.29. The quantitative estimate of drug-likeness (QED) is 0.765. The topological polar surface area (TPSA) is 34.2 Å². The highest BCUT2D eigenvalue weighted by molar-refractivity contribution is 5.30. The van der Waals surface area contributed by atoms with E-state index >= 15 is 0 Å². The lowest BCUT2D eigenvalue weighted by Gasteiger charge is -2.18. The predicted octanol–water partition coefficient (Wildman–Crippen LogP) is 2.54. The van der Waals surface area contributed by atoms with Crippen molar-refractivity contribution in [1.82, 2.24) is 10.3 Å². The van der Waals surface area contributed by atoms with Gasteiger partial charge in [-0.25, -0.2) is 4.98 Å². The van der Waals surface area contributed by atoms with Gasteiger partial charge in [0.15, 0.2) is 0 Å². The first-order valence-corrected chi connectivity index (χ1v) is 5.95. The van der Waals surface area contributed by atoms with Crippen molar-refractivity contribution in [3.8, 4) is 17.7 Å². The minimum Gasteiger partial charge on any atom is -0.481 e. The molecule has 0 aliphatic heterocycles. The molecule has 1 unspecified atom stereocenters. The molecule has 3 nitrogen and oxygen atoms in total.